The monoisotopic (exact) mass is 298 g/mol. The zero-order chi connectivity index (χ0) is 15.3. The van der Waals surface area contributed by atoms with Crippen molar-refractivity contribution < 1.29 is 4.79 Å². The predicted octanol–water partition coefficient (Wildman–Crippen LogP) is 4.39. The van der Waals surface area contributed by atoms with E-state index in [1.807, 2.05) is 12.1 Å². The van der Waals surface area contributed by atoms with Gasteiger partial charge in [0, 0.05) is 11.2 Å². The Labute approximate surface area is 132 Å². The summed E-state index contributed by atoms with van der Waals surface area (Å²) in [5.41, 5.74) is 3.35. The molecule has 22 heavy (non-hydrogen) atoms. The largest absolute Gasteiger partial charge is 0.332 e. The second kappa shape index (κ2) is 5.00. The van der Waals surface area contributed by atoms with E-state index in [0.717, 1.165) is 23.4 Å². The maximum Gasteiger partial charge on any atom is 0.319 e. The van der Waals surface area contributed by atoms with Crippen LogP contribution in [0.3, 0.4) is 0 Å². The quantitative estimate of drug-likeness (QED) is 0.835. The first-order valence-electron chi connectivity index (χ1n) is 8.67. The molecule has 2 amide bonds. The number of rotatable bonds is 2. The zero-order valence-electron chi connectivity index (χ0n) is 13.6. The topological polar surface area (TPSA) is 41.1 Å². The second-order valence-corrected chi connectivity index (χ2v) is 8.15. The Balaban J connectivity index is 1.46. The highest BCUT2D eigenvalue weighted by atomic mass is 16.2. The lowest BCUT2D eigenvalue weighted by atomic mass is 9.53. The lowest BCUT2D eigenvalue weighted by molar-refractivity contribution is -0.0127. The van der Waals surface area contributed by atoms with Gasteiger partial charge in [-0.1, -0.05) is 6.07 Å². The summed E-state index contributed by atoms with van der Waals surface area (Å²) >= 11 is 0. The van der Waals surface area contributed by atoms with E-state index in [-0.39, 0.29) is 11.6 Å². The fraction of sp³-hybridized carbons (Fsp3) is 0.632. The van der Waals surface area contributed by atoms with E-state index in [9.17, 15) is 4.79 Å². The molecule has 5 rings (SSSR count). The van der Waals surface area contributed by atoms with Crippen LogP contribution >= 0.6 is 0 Å². The molecule has 1 aromatic carbocycles. The predicted molar refractivity (Wildman–Crippen MR) is 89.0 cm³/mol. The van der Waals surface area contributed by atoms with Crippen LogP contribution in [0.5, 0.6) is 0 Å². The number of amides is 2. The molecule has 0 saturated heterocycles. The number of anilines is 1. The summed E-state index contributed by atoms with van der Waals surface area (Å²) in [6.07, 6.45) is 7.79. The molecule has 0 spiro atoms. The molecule has 3 heteroatoms. The van der Waals surface area contributed by atoms with Crippen molar-refractivity contribution in [3.05, 3.63) is 29.3 Å². The molecule has 0 atom stereocenters. The van der Waals surface area contributed by atoms with Crippen molar-refractivity contribution in [1.82, 2.24) is 5.32 Å². The van der Waals surface area contributed by atoms with Crippen LogP contribution in [0.1, 0.15) is 49.7 Å². The average molecular weight is 298 g/mol. The second-order valence-electron chi connectivity index (χ2n) is 8.15. The number of hydrogen-bond acceptors (Lipinski definition) is 1. The number of carbonyl (C=O) groups excluding carboxylic acids is 1. The molecular weight excluding hydrogens is 272 g/mol. The first-order valence-corrected chi connectivity index (χ1v) is 8.67. The molecule has 4 saturated carbocycles. The Morgan fingerprint density at radius 1 is 0.955 bits per heavy atom. The fourth-order valence-electron chi connectivity index (χ4n) is 5.71. The van der Waals surface area contributed by atoms with Crippen molar-refractivity contribution in [2.45, 2.75) is 57.9 Å². The number of carbonyl (C=O) groups is 1. The summed E-state index contributed by atoms with van der Waals surface area (Å²) in [7, 11) is 0. The molecule has 0 radical (unpaired) electrons. The van der Waals surface area contributed by atoms with Gasteiger partial charge in [0.1, 0.15) is 0 Å². The highest BCUT2D eigenvalue weighted by Gasteiger charge is 2.51. The van der Waals surface area contributed by atoms with Crippen LogP contribution in [0, 0.1) is 31.6 Å². The van der Waals surface area contributed by atoms with Crippen LogP contribution in [0.4, 0.5) is 10.5 Å². The summed E-state index contributed by atoms with van der Waals surface area (Å²) < 4.78 is 0. The van der Waals surface area contributed by atoms with Gasteiger partial charge < -0.3 is 10.6 Å². The third-order valence-corrected chi connectivity index (χ3v) is 5.90. The van der Waals surface area contributed by atoms with Gasteiger partial charge in [0.15, 0.2) is 0 Å². The van der Waals surface area contributed by atoms with E-state index in [1.165, 1.54) is 49.7 Å². The molecule has 118 valence electrons. The number of benzene rings is 1. The average Bonchev–Trinajstić information content (AvgIpc) is 2.33. The molecule has 0 aliphatic heterocycles. The molecule has 0 heterocycles. The molecule has 4 fully saturated rings. The molecule has 4 bridgehead atoms. The lowest BCUT2D eigenvalue weighted by Gasteiger charge is -2.56. The normalized spacial score (nSPS) is 35.5. The van der Waals surface area contributed by atoms with Gasteiger partial charge in [-0.15, -0.1) is 0 Å². The minimum Gasteiger partial charge on any atom is -0.332 e. The standard InChI is InChI=1S/C19H26N2O/c1-12-3-13(2)5-17(4-12)20-18(22)21-19-9-14-6-15(10-19)8-16(7-14)11-19/h3-5,14-16H,6-11H2,1-2H3,(H2,20,21,22). The Kier molecular flexibility index (Phi) is 3.21. The maximum absolute atomic E-state index is 12.5. The molecule has 3 nitrogen and oxygen atoms in total. The van der Waals surface area contributed by atoms with Crippen molar-refractivity contribution in [3.8, 4) is 0 Å². The van der Waals surface area contributed by atoms with Crippen molar-refractivity contribution in [2.75, 3.05) is 5.32 Å². The van der Waals surface area contributed by atoms with E-state index in [1.54, 1.807) is 0 Å². The van der Waals surface area contributed by atoms with E-state index < -0.39 is 0 Å². The minimum absolute atomic E-state index is 0.0213. The van der Waals surface area contributed by atoms with Gasteiger partial charge in [0.25, 0.3) is 0 Å². The van der Waals surface area contributed by atoms with E-state index in [2.05, 4.69) is 30.5 Å². The first-order chi connectivity index (χ1) is 10.5. The molecule has 4 aliphatic rings. The molecule has 0 unspecified atom stereocenters. The molecule has 4 aliphatic carbocycles. The molecule has 1 aromatic rings. The van der Waals surface area contributed by atoms with Crippen molar-refractivity contribution in [1.29, 1.82) is 0 Å². The Bertz CT molecular complexity index is 552. The van der Waals surface area contributed by atoms with Crippen LogP contribution in [0.25, 0.3) is 0 Å². The van der Waals surface area contributed by atoms with E-state index in [4.69, 9.17) is 0 Å². The van der Waals surface area contributed by atoms with Crippen molar-refractivity contribution >= 4 is 11.7 Å². The Morgan fingerprint density at radius 2 is 1.45 bits per heavy atom. The third kappa shape index (κ3) is 2.62. The highest BCUT2D eigenvalue weighted by Crippen LogP contribution is 2.55. The fourth-order valence-corrected chi connectivity index (χ4v) is 5.71. The van der Waals surface area contributed by atoms with Gasteiger partial charge in [0.2, 0.25) is 0 Å². The molecule has 2 N–H and O–H groups in total. The number of urea groups is 1. The number of hydrogen-bond donors (Lipinski definition) is 2. The Hall–Kier alpha value is -1.51. The van der Waals surface area contributed by atoms with Crippen LogP contribution in [-0.2, 0) is 0 Å². The maximum atomic E-state index is 12.5. The Morgan fingerprint density at radius 3 is 1.95 bits per heavy atom. The van der Waals surface area contributed by atoms with Crippen LogP contribution in [0.2, 0.25) is 0 Å². The van der Waals surface area contributed by atoms with Gasteiger partial charge in [-0.25, -0.2) is 4.79 Å². The first kappa shape index (κ1) is 14.1. The third-order valence-electron chi connectivity index (χ3n) is 5.90. The molecule has 0 aromatic heterocycles. The van der Waals surface area contributed by atoms with Crippen molar-refractivity contribution in [2.24, 2.45) is 17.8 Å². The van der Waals surface area contributed by atoms with Crippen LogP contribution in [0.15, 0.2) is 18.2 Å². The van der Waals surface area contributed by atoms with E-state index >= 15 is 0 Å². The minimum atomic E-state index is -0.0213. The summed E-state index contributed by atoms with van der Waals surface area (Å²) in [6.45, 7) is 4.13. The van der Waals surface area contributed by atoms with Crippen LogP contribution < -0.4 is 10.6 Å². The van der Waals surface area contributed by atoms with E-state index in [0.29, 0.717) is 0 Å². The van der Waals surface area contributed by atoms with Gasteiger partial charge in [-0.05, 0) is 93.4 Å². The summed E-state index contributed by atoms with van der Waals surface area (Å²) in [5.74, 6) is 2.56. The SMILES string of the molecule is Cc1cc(C)cc(NC(=O)NC23CC4CC(CC(C4)C2)C3)c1. The summed E-state index contributed by atoms with van der Waals surface area (Å²) in [4.78, 5) is 12.5. The number of nitrogens with one attached hydrogen (secondary N) is 2. The number of aryl methyl sites for hydroxylation is 2. The summed E-state index contributed by atoms with van der Waals surface area (Å²) in [6, 6.07) is 6.17. The van der Waals surface area contributed by atoms with Gasteiger partial charge >= 0.3 is 6.03 Å². The zero-order valence-corrected chi connectivity index (χ0v) is 13.6. The van der Waals surface area contributed by atoms with Gasteiger partial charge in [-0.3, -0.25) is 0 Å². The van der Waals surface area contributed by atoms with Gasteiger partial charge in [-0.2, -0.15) is 0 Å². The van der Waals surface area contributed by atoms with Crippen molar-refractivity contribution in [3.63, 3.8) is 0 Å². The highest BCUT2D eigenvalue weighted by molar-refractivity contribution is 5.90. The molecular formula is C19H26N2O. The smallest absolute Gasteiger partial charge is 0.319 e. The lowest BCUT2D eigenvalue weighted by Crippen LogP contribution is -2.60. The van der Waals surface area contributed by atoms with Gasteiger partial charge in [0.05, 0.1) is 0 Å². The summed E-state index contributed by atoms with van der Waals surface area (Å²) in [5, 5.41) is 6.41. The van der Waals surface area contributed by atoms with Crippen LogP contribution in [-0.4, -0.2) is 11.6 Å².